The van der Waals surface area contributed by atoms with Crippen molar-refractivity contribution in [2.45, 2.75) is 6.92 Å². The van der Waals surface area contributed by atoms with E-state index in [1.54, 1.807) is 18.2 Å². The summed E-state index contributed by atoms with van der Waals surface area (Å²) < 4.78 is 5.21. The van der Waals surface area contributed by atoms with Crippen LogP contribution >= 0.6 is 11.6 Å². The monoisotopic (exact) mass is 229 g/mol. The zero-order chi connectivity index (χ0) is 11.3. The van der Waals surface area contributed by atoms with E-state index in [1.807, 2.05) is 6.92 Å². The summed E-state index contributed by atoms with van der Waals surface area (Å²) in [7, 11) is 1.37. The number of ether oxygens (including phenoxy) is 1. The van der Waals surface area contributed by atoms with E-state index in [1.165, 1.54) is 7.11 Å². The van der Waals surface area contributed by atoms with Crippen molar-refractivity contribution >= 4 is 17.5 Å². The van der Waals surface area contributed by atoms with Crippen molar-refractivity contribution < 1.29 is 14.4 Å². The first-order chi connectivity index (χ1) is 7.13. The molecule has 1 aromatic rings. The average Bonchev–Trinajstić information content (AvgIpc) is 2.20. The van der Waals surface area contributed by atoms with Crippen molar-refractivity contribution in [2.75, 3.05) is 13.7 Å². The van der Waals surface area contributed by atoms with Crippen LogP contribution in [0.3, 0.4) is 0 Å². The molecule has 0 aliphatic carbocycles. The van der Waals surface area contributed by atoms with Gasteiger partial charge in [0.05, 0.1) is 7.11 Å². The van der Waals surface area contributed by atoms with Crippen molar-refractivity contribution in [2.24, 2.45) is 0 Å². The summed E-state index contributed by atoms with van der Waals surface area (Å²) in [6.45, 7) is 1.78. The van der Waals surface area contributed by atoms with Crippen LogP contribution in [-0.4, -0.2) is 19.6 Å². The molecule has 0 spiro atoms. The zero-order valence-corrected chi connectivity index (χ0v) is 9.30. The summed E-state index contributed by atoms with van der Waals surface area (Å²) in [6.07, 6.45) is 0. The second-order valence-corrected chi connectivity index (χ2v) is 3.34. The Morgan fingerprint density at radius 1 is 1.53 bits per heavy atom. The Bertz CT molecular complexity index is 355. The average molecular weight is 230 g/mol. The van der Waals surface area contributed by atoms with Crippen LogP contribution in [0.1, 0.15) is 5.56 Å². The van der Waals surface area contributed by atoms with Crippen molar-refractivity contribution in [3.63, 3.8) is 0 Å². The number of amides is 1. The number of hydrogen-bond acceptors (Lipinski definition) is 3. The van der Waals surface area contributed by atoms with Crippen LogP contribution in [0.25, 0.3) is 0 Å². The van der Waals surface area contributed by atoms with E-state index < -0.39 is 0 Å². The highest BCUT2D eigenvalue weighted by Crippen LogP contribution is 2.20. The lowest BCUT2D eigenvalue weighted by atomic mass is 10.2. The number of benzene rings is 1. The van der Waals surface area contributed by atoms with E-state index in [2.05, 4.69) is 10.3 Å². The van der Waals surface area contributed by atoms with E-state index in [-0.39, 0.29) is 12.5 Å². The molecule has 1 rings (SSSR count). The summed E-state index contributed by atoms with van der Waals surface area (Å²) in [6, 6.07) is 5.19. The molecular weight excluding hydrogens is 218 g/mol. The molecule has 0 aliphatic heterocycles. The van der Waals surface area contributed by atoms with Gasteiger partial charge in [0.15, 0.2) is 6.61 Å². The Balaban J connectivity index is 2.51. The van der Waals surface area contributed by atoms with Gasteiger partial charge < -0.3 is 4.74 Å². The largest absolute Gasteiger partial charge is 0.484 e. The lowest BCUT2D eigenvalue weighted by Gasteiger charge is -2.07. The molecule has 0 aliphatic rings. The Kier molecular flexibility index (Phi) is 4.39. The van der Waals surface area contributed by atoms with Crippen LogP contribution in [0.4, 0.5) is 0 Å². The molecule has 0 atom stereocenters. The maximum absolute atomic E-state index is 11.0. The van der Waals surface area contributed by atoms with Gasteiger partial charge in [0.25, 0.3) is 5.91 Å². The van der Waals surface area contributed by atoms with Gasteiger partial charge in [-0.05, 0) is 30.7 Å². The van der Waals surface area contributed by atoms with E-state index in [4.69, 9.17) is 16.3 Å². The van der Waals surface area contributed by atoms with Crippen LogP contribution in [-0.2, 0) is 9.63 Å². The summed E-state index contributed by atoms with van der Waals surface area (Å²) in [5.41, 5.74) is 3.06. The van der Waals surface area contributed by atoms with Gasteiger partial charge in [-0.1, -0.05) is 11.6 Å². The third-order valence-electron chi connectivity index (χ3n) is 1.72. The molecule has 0 saturated heterocycles. The van der Waals surface area contributed by atoms with Gasteiger partial charge in [-0.25, -0.2) is 5.48 Å². The number of hydrogen-bond donors (Lipinski definition) is 1. The van der Waals surface area contributed by atoms with Gasteiger partial charge in [0.1, 0.15) is 5.75 Å². The smallest absolute Gasteiger partial charge is 0.281 e. The van der Waals surface area contributed by atoms with Crippen molar-refractivity contribution in [1.29, 1.82) is 0 Å². The summed E-state index contributed by atoms with van der Waals surface area (Å²) in [5, 5.41) is 0.670. The second kappa shape index (κ2) is 5.58. The van der Waals surface area contributed by atoms with Gasteiger partial charge in [-0.2, -0.15) is 0 Å². The Labute approximate surface area is 93.1 Å². The molecule has 1 amide bonds. The van der Waals surface area contributed by atoms with Crippen LogP contribution in [0.15, 0.2) is 18.2 Å². The third-order valence-corrected chi connectivity index (χ3v) is 2.14. The molecule has 0 heterocycles. The molecule has 4 nitrogen and oxygen atoms in total. The minimum absolute atomic E-state index is 0.0884. The van der Waals surface area contributed by atoms with Gasteiger partial charge in [-0.3, -0.25) is 9.63 Å². The fourth-order valence-electron chi connectivity index (χ4n) is 0.999. The fraction of sp³-hybridized carbons (Fsp3) is 0.300. The van der Waals surface area contributed by atoms with Crippen molar-refractivity contribution in [1.82, 2.24) is 5.48 Å². The molecule has 0 saturated carbocycles. The van der Waals surface area contributed by atoms with Crippen LogP contribution < -0.4 is 10.2 Å². The number of carbonyl (C=O) groups excluding carboxylic acids is 1. The van der Waals surface area contributed by atoms with Crippen LogP contribution in [0, 0.1) is 6.92 Å². The molecule has 0 fully saturated rings. The molecule has 0 unspecified atom stereocenters. The minimum atomic E-state index is -0.342. The number of rotatable bonds is 4. The number of hydroxylamine groups is 1. The number of nitrogens with one attached hydrogen (secondary N) is 1. The predicted molar refractivity (Wildman–Crippen MR) is 56.8 cm³/mol. The summed E-state index contributed by atoms with van der Waals surface area (Å²) in [5.74, 6) is 0.258. The van der Waals surface area contributed by atoms with Crippen molar-refractivity contribution in [3.05, 3.63) is 28.8 Å². The zero-order valence-electron chi connectivity index (χ0n) is 8.54. The normalized spacial score (nSPS) is 9.80. The molecule has 5 heteroatoms. The minimum Gasteiger partial charge on any atom is -0.484 e. The lowest BCUT2D eigenvalue weighted by Crippen LogP contribution is -2.27. The van der Waals surface area contributed by atoms with Gasteiger partial charge in [0.2, 0.25) is 0 Å². The maximum atomic E-state index is 11.0. The highest BCUT2D eigenvalue weighted by Gasteiger charge is 2.02. The quantitative estimate of drug-likeness (QED) is 0.800. The molecule has 0 aromatic heterocycles. The Morgan fingerprint density at radius 2 is 2.27 bits per heavy atom. The third kappa shape index (κ3) is 3.77. The van der Waals surface area contributed by atoms with Crippen molar-refractivity contribution in [3.8, 4) is 5.75 Å². The number of aryl methyl sites for hydroxylation is 1. The van der Waals surface area contributed by atoms with Crippen LogP contribution in [0.5, 0.6) is 5.75 Å². The fourth-order valence-corrected chi connectivity index (χ4v) is 1.12. The van der Waals surface area contributed by atoms with E-state index in [0.29, 0.717) is 10.8 Å². The van der Waals surface area contributed by atoms with Gasteiger partial charge in [-0.15, -0.1) is 0 Å². The number of carbonyl (C=O) groups is 1. The first-order valence-electron chi connectivity index (χ1n) is 4.34. The summed E-state index contributed by atoms with van der Waals surface area (Å²) >= 11 is 5.84. The van der Waals surface area contributed by atoms with Crippen LogP contribution in [0.2, 0.25) is 5.02 Å². The van der Waals surface area contributed by atoms with Gasteiger partial charge in [0, 0.05) is 5.02 Å². The predicted octanol–water partition coefficient (Wildman–Crippen LogP) is 1.70. The lowest BCUT2D eigenvalue weighted by molar-refractivity contribution is -0.133. The second-order valence-electron chi connectivity index (χ2n) is 2.93. The molecule has 15 heavy (non-hydrogen) atoms. The number of halogens is 1. The topological polar surface area (TPSA) is 47.6 Å². The van der Waals surface area contributed by atoms with E-state index in [0.717, 1.165) is 5.56 Å². The molecule has 1 N–H and O–H groups in total. The Hall–Kier alpha value is -1.26. The molecule has 0 bridgehead atoms. The van der Waals surface area contributed by atoms with E-state index in [9.17, 15) is 4.79 Å². The highest BCUT2D eigenvalue weighted by molar-refractivity contribution is 6.31. The Morgan fingerprint density at radius 3 is 2.87 bits per heavy atom. The summed E-state index contributed by atoms with van der Waals surface area (Å²) in [4.78, 5) is 15.4. The SMILES string of the molecule is CONC(=O)COc1ccc(Cl)c(C)c1. The van der Waals surface area contributed by atoms with Gasteiger partial charge >= 0.3 is 0 Å². The maximum Gasteiger partial charge on any atom is 0.281 e. The molecule has 0 radical (unpaired) electrons. The molecular formula is C10H12ClNO3. The van der Waals surface area contributed by atoms with E-state index >= 15 is 0 Å². The highest BCUT2D eigenvalue weighted by atomic mass is 35.5. The standard InChI is InChI=1S/C10H12ClNO3/c1-7-5-8(3-4-9(7)11)15-6-10(13)12-14-2/h3-5H,6H2,1-2H3,(H,12,13). The molecule has 1 aromatic carbocycles. The first-order valence-corrected chi connectivity index (χ1v) is 4.72. The first kappa shape index (κ1) is 11.8. The molecule has 82 valence electrons.